The highest BCUT2D eigenvalue weighted by Gasteiger charge is 2.57. The van der Waals surface area contributed by atoms with Gasteiger partial charge in [-0.25, -0.2) is 0 Å². The summed E-state index contributed by atoms with van der Waals surface area (Å²) in [5, 5.41) is 0. The Morgan fingerprint density at radius 2 is 1.23 bits per heavy atom. The molecule has 69 heavy (non-hydrogen) atoms. The Morgan fingerprint density at radius 1 is 0.652 bits per heavy atom. The number of hydrogen-bond donors (Lipinski definition) is 0. The van der Waals surface area contributed by atoms with Crippen LogP contribution in [0.5, 0.6) is 0 Å². The fourth-order valence-corrected chi connectivity index (χ4v) is 12.4. The van der Waals surface area contributed by atoms with Gasteiger partial charge in [-0.2, -0.15) is 0 Å². The first-order valence-corrected chi connectivity index (χ1v) is 29.5. The molecule has 4 rings (SSSR count). The van der Waals surface area contributed by atoms with Crippen LogP contribution in [0.15, 0.2) is 60.3 Å². The smallest absolute Gasteiger partial charge is 0.102 e. The van der Waals surface area contributed by atoms with Crippen LogP contribution < -0.4 is 0 Å². The van der Waals surface area contributed by atoms with E-state index in [1.165, 1.54) is 173 Å². The minimum atomic E-state index is 0.301. The monoisotopic (exact) mass is 959 g/mol. The number of rotatable bonds is 33. The first-order valence-electron chi connectivity index (χ1n) is 29.5. The number of fused-ring (bicyclic) bond motifs is 5. The van der Waals surface area contributed by atoms with Crippen molar-refractivity contribution in [3.63, 3.8) is 0 Å². The number of terminal acetylenes is 1. The van der Waals surface area contributed by atoms with Crippen LogP contribution in [-0.2, 0) is 9.47 Å². The van der Waals surface area contributed by atoms with Crippen molar-refractivity contribution in [3.05, 3.63) is 60.3 Å². The molecule has 0 aliphatic heterocycles. The van der Waals surface area contributed by atoms with Crippen molar-refractivity contribution in [3.8, 4) is 12.8 Å². The molecule has 4 aliphatic rings. The number of nitrogens with zero attached hydrogens (tertiary/aromatic N) is 2. The van der Waals surface area contributed by atoms with E-state index in [9.17, 15) is 0 Å². The third-order valence-corrected chi connectivity index (χ3v) is 16.8. The summed E-state index contributed by atoms with van der Waals surface area (Å²) in [6, 6.07) is 0. The number of allylic oxidation sites excluding steroid dienone is 6. The highest BCUT2D eigenvalue weighted by molar-refractivity contribution is 5.39. The minimum absolute atomic E-state index is 0.301. The van der Waals surface area contributed by atoms with E-state index in [1.54, 1.807) is 5.57 Å². The zero-order valence-electron chi connectivity index (χ0n) is 48.4. The first kappa shape index (κ1) is 64.6. The molecule has 0 amide bonds. The van der Waals surface area contributed by atoms with Crippen molar-refractivity contribution >= 4 is 0 Å². The summed E-state index contributed by atoms with van der Waals surface area (Å²) in [4.78, 5) is 4.71. The molecule has 4 heteroatoms. The highest BCUT2D eigenvalue weighted by atomic mass is 16.5. The van der Waals surface area contributed by atoms with Crippen LogP contribution in [0.1, 0.15) is 255 Å². The van der Waals surface area contributed by atoms with Gasteiger partial charge in [0.15, 0.2) is 0 Å². The lowest BCUT2D eigenvalue weighted by Gasteiger charge is -2.55. The van der Waals surface area contributed by atoms with E-state index in [2.05, 4.69) is 138 Å². The van der Waals surface area contributed by atoms with Gasteiger partial charge in [-0.05, 0) is 145 Å². The molecule has 3 fully saturated rings. The maximum atomic E-state index is 6.59. The van der Waals surface area contributed by atoms with E-state index in [4.69, 9.17) is 9.47 Å². The van der Waals surface area contributed by atoms with Gasteiger partial charge in [-0.15, -0.1) is 12.8 Å². The van der Waals surface area contributed by atoms with Gasteiger partial charge in [0, 0.05) is 38.0 Å². The van der Waals surface area contributed by atoms with Gasteiger partial charge in [0.1, 0.15) is 6.10 Å². The Morgan fingerprint density at radius 3 is 1.78 bits per heavy atom. The molecule has 0 heterocycles. The molecule has 0 radical (unpaired) electrons. The van der Waals surface area contributed by atoms with E-state index in [0.717, 1.165) is 86.5 Å². The van der Waals surface area contributed by atoms with E-state index in [1.807, 2.05) is 5.57 Å². The molecule has 0 aromatic heterocycles. The molecule has 3 saturated carbocycles. The fourth-order valence-electron chi connectivity index (χ4n) is 12.4. The topological polar surface area (TPSA) is 24.9 Å². The molecule has 0 N–H and O–H groups in total. The molecule has 0 saturated heterocycles. The number of ether oxygens (including phenoxy) is 2. The van der Waals surface area contributed by atoms with Gasteiger partial charge in [-0.3, -0.25) is 0 Å². The predicted octanol–water partition coefficient (Wildman–Crippen LogP) is 19.5. The first-order chi connectivity index (χ1) is 33.1. The predicted molar refractivity (Wildman–Crippen MR) is 307 cm³/mol. The van der Waals surface area contributed by atoms with Gasteiger partial charge in [0.25, 0.3) is 0 Å². The zero-order valence-corrected chi connectivity index (χ0v) is 48.4. The maximum Gasteiger partial charge on any atom is 0.102 e. The molecule has 7 unspecified atom stereocenters. The van der Waals surface area contributed by atoms with Gasteiger partial charge in [0.05, 0.1) is 18.1 Å². The minimum Gasteiger partial charge on any atom is -0.499 e. The Hall–Kier alpha value is -2.38. The van der Waals surface area contributed by atoms with Crippen molar-refractivity contribution in [2.24, 2.45) is 40.4 Å². The summed E-state index contributed by atoms with van der Waals surface area (Å²) in [5.41, 5.74) is 5.53. The van der Waals surface area contributed by atoms with Gasteiger partial charge in [0.2, 0.25) is 0 Å². The van der Waals surface area contributed by atoms with Crippen LogP contribution in [0, 0.1) is 53.3 Å². The highest BCUT2D eigenvalue weighted by Crippen LogP contribution is 2.66. The van der Waals surface area contributed by atoms with Crippen molar-refractivity contribution < 1.29 is 9.47 Å². The summed E-state index contributed by atoms with van der Waals surface area (Å²) in [6.07, 6.45) is 50.7. The van der Waals surface area contributed by atoms with E-state index in [0.29, 0.717) is 16.9 Å². The maximum absolute atomic E-state index is 6.59. The second-order valence-electron chi connectivity index (χ2n) is 23.4. The van der Waals surface area contributed by atoms with Crippen LogP contribution in [-0.4, -0.2) is 56.2 Å². The Balaban J connectivity index is 0.00000128. The van der Waals surface area contributed by atoms with Crippen LogP contribution in [0.3, 0.4) is 0 Å². The lowest BCUT2D eigenvalue weighted by atomic mass is 9.50. The summed E-state index contributed by atoms with van der Waals surface area (Å²) in [5.74, 6) is 6.12. The molecule has 4 aliphatic carbocycles. The summed E-state index contributed by atoms with van der Waals surface area (Å²) in [6.45, 7) is 40.8. The zero-order chi connectivity index (χ0) is 51.7. The van der Waals surface area contributed by atoms with E-state index in [-0.39, 0.29) is 0 Å². The summed E-state index contributed by atoms with van der Waals surface area (Å²) >= 11 is 0. The summed E-state index contributed by atoms with van der Waals surface area (Å²) < 4.78 is 12.3. The van der Waals surface area contributed by atoms with Crippen LogP contribution in [0.2, 0.25) is 0 Å². The van der Waals surface area contributed by atoms with Crippen molar-refractivity contribution in [2.75, 3.05) is 40.3 Å². The molecule has 4 nitrogen and oxygen atoms in total. The molecule has 400 valence electrons. The van der Waals surface area contributed by atoms with E-state index < -0.39 is 0 Å². The quantitative estimate of drug-likeness (QED) is 0.0372. The lowest BCUT2D eigenvalue weighted by Crippen LogP contribution is -2.46. The average molecular weight is 960 g/mol. The Kier molecular flexibility index (Phi) is 35.0. The van der Waals surface area contributed by atoms with Gasteiger partial charge in [-0.1, -0.05) is 195 Å². The van der Waals surface area contributed by atoms with Gasteiger partial charge < -0.3 is 19.3 Å². The molecule has 0 bridgehead atoms. The normalized spacial score (nSPS) is 23.8. The molecular formula is C65H118N2O2. The third kappa shape index (κ3) is 24.3. The third-order valence-electron chi connectivity index (χ3n) is 16.8. The SMILES string of the molecule is C#C.C=C(CCCCCCN(CCCCCCC(=C)OC1CCC2(C)C(=CC=C3C2CCC2(C)C3CCC2C(C)CCCC(C)C)C1)C(=C)C)OCCCC.CCCCCCC.CCCCN(C)C. The van der Waals surface area contributed by atoms with Crippen LogP contribution in [0.25, 0.3) is 0 Å². The molecule has 7 atom stereocenters. The number of unbranched alkanes of at least 4 members (excludes halogenated alkanes) is 12. The van der Waals surface area contributed by atoms with Crippen LogP contribution >= 0.6 is 0 Å². The van der Waals surface area contributed by atoms with Gasteiger partial charge >= 0.3 is 0 Å². The average Bonchev–Trinajstić information content (AvgIpc) is 3.68. The molecule has 0 spiro atoms. The fraction of sp³-hybridized carbons (Fsp3) is 0.815. The van der Waals surface area contributed by atoms with Crippen LogP contribution in [0.4, 0.5) is 0 Å². The second-order valence-corrected chi connectivity index (χ2v) is 23.4. The molecule has 0 aromatic carbocycles. The van der Waals surface area contributed by atoms with Crippen molar-refractivity contribution in [2.45, 2.75) is 262 Å². The van der Waals surface area contributed by atoms with E-state index >= 15 is 0 Å². The Labute approximate surface area is 432 Å². The number of hydrogen-bond acceptors (Lipinski definition) is 4. The van der Waals surface area contributed by atoms with Crippen molar-refractivity contribution in [1.82, 2.24) is 9.80 Å². The summed E-state index contributed by atoms with van der Waals surface area (Å²) in [7, 11) is 4.21. The molecule has 0 aromatic rings. The van der Waals surface area contributed by atoms with Crippen molar-refractivity contribution in [1.29, 1.82) is 0 Å². The molecular weight excluding hydrogens is 841 g/mol. The second kappa shape index (κ2) is 37.4. The Bertz CT molecular complexity index is 1450. The largest absolute Gasteiger partial charge is 0.499 e. The standard InChI is InChI=1S/C50H85NO2.C7H16.C6H15N.C2H2/c1-11-12-36-52-41(7)24-17-13-15-19-34-51(39(4)5)35-20-16-14-18-25-42(8)53-44-30-32-49(9)43(37-44)26-27-45-47-29-28-46(40(6)23-21-22-38(2)3)50(47,10)33-31-48(45)49;1-3-5-7-6-4-2;1-4-5-6-7(2)3;1-2/h26-27,38,40,44,46-48H,4,7-8,11-25,28-37H2,1-3,5-6,9-10H3;3-7H2,1-2H3;4-6H2,1-3H3;1-2H. The lowest BCUT2D eigenvalue weighted by molar-refractivity contribution is 0.0219.